The van der Waals surface area contributed by atoms with Gasteiger partial charge in [-0.25, -0.2) is 19.3 Å². The summed E-state index contributed by atoms with van der Waals surface area (Å²) in [5, 5.41) is 15.4. The lowest BCUT2D eigenvalue weighted by Crippen LogP contribution is -2.22. The summed E-state index contributed by atoms with van der Waals surface area (Å²) in [5.41, 5.74) is 0.624. The highest BCUT2D eigenvalue weighted by molar-refractivity contribution is 5.91. The molecule has 3 aromatic rings. The fourth-order valence-electron chi connectivity index (χ4n) is 3.38. The number of aromatic nitrogens is 6. The third-order valence-electron chi connectivity index (χ3n) is 4.57. The maximum absolute atomic E-state index is 12.5. The molecule has 1 saturated carbocycles. The number of anilines is 2. The van der Waals surface area contributed by atoms with Crippen LogP contribution in [0.4, 0.5) is 11.6 Å². The number of nitrogens with one attached hydrogen (secondary N) is 2. The predicted octanol–water partition coefficient (Wildman–Crippen LogP) is 1.82. The lowest BCUT2D eigenvalue weighted by atomic mass is 10.2. The van der Waals surface area contributed by atoms with Gasteiger partial charge in [-0.1, -0.05) is 12.8 Å². The molecular formula is C16H20N8O. The molecule has 1 aliphatic carbocycles. The average molecular weight is 340 g/mol. The van der Waals surface area contributed by atoms with Crippen molar-refractivity contribution >= 4 is 28.6 Å². The fourth-order valence-corrected chi connectivity index (χ4v) is 3.38. The Kier molecular flexibility index (Phi) is 4.04. The Morgan fingerprint density at radius 2 is 2.12 bits per heavy atom. The fraction of sp³-hybridized carbons (Fsp3) is 0.438. The second-order valence-electron chi connectivity index (χ2n) is 6.16. The second kappa shape index (κ2) is 6.50. The molecular weight excluding hydrogens is 320 g/mol. The van der Waals surface area contributed by atoms with Gasteiger partial charge in [-0.15, -0.1) is 0 Å². The van der Waals surface area contributed by atoms with E-state index in [9.17, 15) is 4.79 Å². The molecule has 1 aliphatic rings. The van der Waals surface area contributed by atoms with Crippen LogP contribution in [0.25, 0.3) is 11.0 Å². The molecule has 0 aromatic carbocycles. The van der Waals surface area contributed by atoms with E-state index in [-0.39, 0.29) is 12.5 Å². The lowest BCUT2D eigenvalue weighted by molar-refractivity contribution is -0.116. The van der Waals surface area contributed by atoms with Crippen LogP contribution in [0.1, 0.15) is 31.7 Å². The highest BCUT2D eigenvalue weighted by atomic mass is 16.2. The zero-order valence-electron chi connectivity index (χ0n) is 14.0. The maximum Gasteiger partial charge on any atom is 0.247 e. The Morgan fingerprint density at radius 1 is 1.28 bits per heavy atom. The molecule has 3 aromatic heterocycles. The number of nitrogens with zero attached hydrogens (tertiary/aromatic N) is 6. The molecule has 0 saturated heterocycles. The summed E-state index contributed by atoms with van der Waals surface area (Å²) in [6.45, 7) is 0.0829. The number of fused-ring (bicyclic) bond motifs is 1. The Balaban J connectivity index is 1.51. The minimum Gasteiger partial charge on any atom is -0.372 e. The normalized spacial score (nSPS) is 14.9. The predicted molar refractivity (Wildman–Crippen MR) is 93.2 cm³/mol. The molecule has 9 nitrogen and oxygen atoms in total. The van der Waals surface area contributed by atoms with E-state index >= 15 is 0 Å². The van der Waals surface area contributed by atoms with Gasteiger partial charge in [0, 0.05) is 13.1 Å². The van der Waals surface area contributed by atoms with Gasteiger partial charge < -0.3 is 10.6 Å². The van der Waals surface area contributed by atoms with Crippen LogP contribution in [0.15, 0.2) is 24.8 Å². The molecule has 25 heavy (non-hydrogen) atoms. The minimum atomic E-state index is -0.158. The number of amides is 1. The molecule has 0 atom stereocenters. The Morgan fingerprint density at radius 3 is 2.92 bits per heavy atom. The van der Waals surface area contributed by atoms with Gasteiger partial charge in [0.25, 0.3) is 0 Å². The summed E-state index contributed by atoms with van der Waals surface area (Å²) >= 11 is 0. The molecule has 130 valence electrons. The van der Waals surface area contributed by atoms with Crippen LogP contribution in [-0.2, 0) is 11.3 Å². The van der Waals surface area contributed by atoms with Crippen LogP contribution < -0.4 is 10.6 Å². The molecule has 0 spiro atoms. The first-order chi connectivity index (χ1) is 12.3. The topological polar surface area (TPSA) is 103 Å². The van der Waals surface area contributed by atoms with Crippen molar-refractivity contribution in [3.63, 3.8) is 0 Å². The van der Waals surface area contributed by atoms with Crippen molar-refractivity contribution in [3.05, 3.63) is 24.8 Å². The molecule has 0 radical (unpaired) electrons. The van der Waals surface area contributed by atoms with Crippen molar-refractivity contribution in [3.8, 4) is 0 Å². The van der Waals surface area contributed by atoms with E-state index in [1.165, 1.54) is 19.2 Å². The molecule has 1 amide bonds. The van der Waals surface area contributed by atoms with E-state index in [0.717, 1.165) is 24.0 Å². The largest absolute Gasteiger partial charge is 0.372 e. The quantitative estimate of drug-likeness (QED) is 0.734. The Labute approximate surface area is 144 Å². The van der Waals surface area contributed by atoms with Gasteiger partial charge in [-0.3, -0.25) is 4.79 Å². The highest BCUT2D eigenvalue weighted by Gasteiger charge is 2.21. The molecule has 0 bridgehead atoms. The monoisotopic (exact) mass is 340 g/mol. The third-order valence-corrected chi connectivity index (χ3v) is 4.57. The molecule has 3 heterocycles. The Hall–Kier alpha value is -2.97. The van der Waals surface area contributed by atoms with Crippen molar-refractivity contribution in [2.24, 2.45) is 0 Å². The summed E-state index contributed by atoms with van der Waals surface area (Å²) in [7, 11) is 1.79. The lowest BCUT2D eigenvalue weighted by Gasteiger charge is -2.14. The number of carbonyl (C=O) groups is 1. The number of carbonyl (C=O) groups excluding carboxylic acids is 1. The minimum absolute atomic E-state index is 0.0829. The van der Waals surface area contributed by atoms with Gasteiger partial charge in [-0.2, -0.15) is 10.2 Å². The van der Waals surface area contributed by atoms with Crippen LogP contribution in [0.3, 0.4) is 0 Å². The van der Waals surface area contributed by atoms with Crippen LogP contribution in [0.5, 0.6) is 0 Å². The molecule has 9 heteroatoms. The molecule has 4 rings (SSSR count). The summed E-state index contributed by atoms with van der Waals surface area (Å²) in [5.74, 6) is 1.27. The first-order valence-corrected chi connectivity index (χ1v) is 8.44. The number of hydrogen-bond acceptors (Lipinski definition) is 6. The van der Waals surface area contributed by atoms with Gasteiger partial charge in [0.1, 0.15) is 24.5 Å². The van der Waals surface area contributed by atoms with Gasteiger partial charge >= 0.3 is 0 Å². The van der Waals surface area contributed by atoms with E-state index < -0.39 is 0 Å². The summed E-state index contributed by atoms with van der Waals surface area (Å²) < 4.78 is 3.50. The van der Waals surface area contributed by atoms with E-state index in [4.69, 9.17) is 0 Å². The van der Waals surface area contributed by atoms with Crippen LogP contribution in [-0.4, -0.2) is 42.5 Å². The van der Waals surface area contributed by atoms with Crippen LogP contribution in [0.2, 0.25) is 0 Å². The van der Waals surface area contributed by atoms with Gasteiger partial charge in [-0.05, 0) is 12.8 Å². The van der Waals surface area contributed by atoms with Crippen LogP contribution in [0, 0.1) is 0 Å². The molecule has 0 aliphatic heterocycles. The Bertz CT molecular complexity index is 893. The third kappa shape index (κ3) is 2.92. The first kappa shape index (κ1) is 15.6. The highest BCUT2D eigenvalue weighted by Crippen LogP contribution is 2.31. The van der Waals surface area contributed by atoms with Crippen molar-refractivity contribution < 1.29 is 4.79 Å². The van der Waals surface area contributed by atoms with Crippen molar-refractivity contribution in [2.45, 2.75) is 38.3 Å². The summed E-state index contributed by atoms with van der Waals surface area (Å²) in [4.78, 5) is 20.8. The van der Waals surface area contributed by atoms with Crippen molar-refractivity contribution in [2.75, 3.05) is 17.7 Å². The molecule has 2 N–H and O–H groups in total. The van der Waals surface area contributed by atoms with Gasteiger partial charge in [0.2, 0.25) is 5.91 Å². The maximum atomic E-state index is 12.5. The van der Waals surface area contributed by atoms with E-state index in [1.807, 2.05) is 10.7 Å². The van der Waals surface area contributed by atoms with Gasteiger partial charge in [0.15, 0.2) is 5.65 Å². The SMILES string of the molecule is CNc1ncnc2c1cnn2CC(=O)Nc1ccnn1C1CCCC1. The van der Waals surface area contributed by atoms with Gasteiger partial charge in [0.05, 0.1) is 23.8 Å². The van der Waals surface area contributed by atoms with Crippen molar-refractivity contribution in [1.82, 2.24) is 29.5 Å². The van der Waals surface area contributed by atoms with E-state index in [0.29, 0.717) is 17.5 Å². The standard InChI is InChI=1S/C16H20N8O/c1-17-15-12-8-21-23(16(12)19-10-18-15)9-14(25)22-13-6-7-20-24(13)11-4-2-3-5-11/h6-8,10-11H,2-5,9H2,1H3,(H,22,25)(H,17,18,19). The van der Waals surface area contributed by atoms with Crippen LogP contribution >= 0.6 is 0 Å². The zero-order valence-corrected chi connectivity index (χ0v) is 14.0. The van der Waals surface area contributed by atoms with E-state index in [1.54, 1.807) is 24.1 Å². The van der Waals surface area contributed by atoms with Crippen molar-refractivity contribution in [1.29, 1.82) is 0 Å². The molecule has 1 fully saturated rings. The number of rotatable bonds is 5. The summed E-state index contributed by atoms with van der Waals surface area (Å²) in [6, 6.07) is 2.21. The van der Waals surface area contributed by atoms with E-state index in [2.05, 4.69) is 30.8 Å². The summed E-state index contributed by atoms with van der Waals surface area (Å²) in [6.07, 6.45) is 9.49. The number of hydrogen-bond donors (Lipinski definition) is 2. The first-order valence-electron chi connectivity index (χ1n) is 8.44. The molecule has 0 unspecified atom stereocenters. The smallest absolute Gasteiger partial charge is 0.247 e. The second-order valence-corrected chi connectivity index (χ2v) is 6.16. The zero-order chi connectivity index (χ0) is 17.2. The average Bonchev–Trinajstić information content (AvgIpc) is 3.35.